The van der Waals surface area contributed by atoms with Crippen molar-refractivity contribution in [2.24, 2.45) is 0 Å². The first kappa shape index (κ1) is 10.4. The molecule has 0 aliphatic carbocycles. The average molecular weight is 211 g/mol. The van der Waals surface area contributed by atoms with Crippen LogP contribution in [0.2, 0.25) is 0 Å². The lowest BCUT2D eigenvalue weighted by atomic mass is 10.0. The molecule has 3 heteroatoms. The van der Waals surface area contributed by atoms with E-state index in [1.165, 1.54) is 0 Å². The standard InChI is InChI=1S/C13H13N3/c1-11-7-8-15-16(11)10-13(9-14)12-5-3-2-4-6-12/h2-8,13H,10H2,1H3. The summed E-state index contributed by atoms with van der Waals surface area (Å²) in [7, 11) is 0. The monoisotopic (exact) mass is 211 g/mol. The molecule has 1 aromatic carbocycles. The normalized spacial score (nSPS) is 12.0. The minimum absolute atomic E-state index is 0.139. The predicted molar refractivity (Wildman–Crippen MR) is 61.8 cm³/mol. The van der Waals surface area contributed by atoms with Gasteiger partial charge in [0.15, 0.2) is 0 Å². The Hall–Kier alpha value is -2.08. The Morgan fingerprint density at radius 1 is 1.31 bits per heavy atom. The molecule has 0 aliphatic rings. The summed E-state index contributed by atoms with van der Waals surface area (Å²) in [4.78, 5) is 0. The Kier molecular flexibility index (Phi) is 3.02. The Labute approximate surface area is 94.9 Å². The van der Waals surface area contributed by atoms with Gasteiger partial charge in [-0.05, 0) is 18.6 Å². The third kappa shape index (κ3) is 2.12. The van der Waals surface area contributed by atoms with Crippen LogP contribution in [0.1, 0.15) is 17.2 Å². The molecule has 1 atom stereocenters. The summed E-state index contributed by atoms with van der Waals surface area (Å²) in [5.74, 6) is -0.139. The lowest BCUT2D eigenvalue weighted by Crippen LogP contribution is -2.10. The van der Waals surface area contributed by atoms with E-state index in [1.54, 1.807) is 6.20 Å². The first-order chi connectivity index (χ1) is 7.81. The second kappa shape index (κ2) is 4.63. The summed E-state index contributed by atoms with van der Waals surface area (Å²) in [6.45, 7) is 2.60. The molecule has 2 rings (SSSR count). The van der Waals surface area contributed by atoms with Crippen molar-refractivity contribution in [1.82, 2.24) is 9.78 Å². The van der Waals surface area contributed by atoms with E-state index in [9.17, 15) is 5.26 Å². The van der Waals surface area contributed by atoms with Crippen LogP contribution in [0.4, 0.5) is 0 Å². The van der Waals surface area contributed by atoms with E-state index in [4.69, 9.17) is 0 Å². The SMILES string of the molecule is Cc1ccnn1CC(C#N)c1ccccc1. The zero-order chi connectivity index (χ0) is 11.4. The first-order valence-corrected chi connectivity index (χ1v) is 5.24. The fourth-order valence-corrected chi connectivity index (χ4v) is 1.67. The van der Waals surface area contributed by atoms with E-state index in [-0.39, 0.29) is 5.92 Å². The Morgan fingerprint density at radius 2 is 2.06 bits per heavy atom. The molecular weight excluding hydrogens is 198 g/mol. The summed E-state index contributed by atoms with van der Waals surface area (Å²) in [5, 5.41) is 13.4. The number of benzene rings is 1. The highest BCUT2D eigenvalue weighted by Crippen LogP contribution is 2.17. The van der Waals surface area contributed by atoms with E-state index in [1.807, 2.05) is 48.0 Å². The third-order valence-electron chi connectivity index (χ3n) is 2.64. The highest BCUT2D eigenvalue weighted by Gasteiger charge is 2.11. The van der Waals surface area contributed by atoms with Crippen LogP contribution in [0.25, 0.3) is 0 Å². The van der Waals surface area contributed by atoms with E-state index in [2.05, 4.69) is 11.2 Å². The summed E-state index contributed by atoms with van der Waals surface area (Å²) in [5.41, 5.74) is 2.12. The predicted octanol–water partition coefficient (Wildman–Crippen LogP) is 2.50. The first-order valence-electron chi connectivity index (χ1n) is 5.24. The maximum absolute atomic E-state index is 9.18. The molecule has 1 aromatic heterocycles. The van der Waals surface area contributed by atoms with Gasteiger partial charge in [0.2, 0.25) is 0 Å². The third-order valence-corrected chi connectivity index (χ3v) is 2.64. The van der Waals surface area contributed by atoms with Crippen molar-refractivity contribution in [3.63, 3.8) is 0 Å². The van der Waals surface area contributed by atoms with Crippen molar-refractivity contribution >= 4 is 0 Å². The van der Waals surface area contributed by atoms with Gasteiger partial charge < -0.3 is 0 Å². The minimum Gasteiger partial charge on any atom is -0.268 e. The molecule has 0 amide bonds. The zero-order valence-corrected chi connectivity index (χ0v) is 9.17. The highest BCUT2D eigenvalue weighted by atomic mass is 15.3. The van der Waals surface area contributed by atoms with Gasteiger partial charge in [0.25, 0.3) is 0 Å². The van der Waals surface area contributed by atoms with Crippen LogP contribution in [-0.4, -0.2) is 9.78 Å². The molecular formula is C13H13N3. The van der Waals surface area contributed by atoms with Gasteiger partial charge in [-0.3, -0.25) is 4.68 Å². The molecule has 0 bridgehead atoms. The molecule has 16 heavy (non-hydrogen) atoms. The molecule has 0 fully saturated rings. The highest BCUT2D eigenvalue weighted by molar-refractivity contribution is 5.24. The molecule has 80 valence electrons. The molecule has 2 aromatic rings. The number of hydrogen-bond donors (Lipinski definition) is 0. The van der Waals surface area contributed by atoms with Gasteiger partial charge in [-0.25, -0.2) is 0 Å². The molecule has 3 nitrogen and oxygen atoms in total. The second-order valence-electron chi connectivity index (χ2n) is 3.75. The van der Waals surface area contributed by atoms with Gasteiger partial charge >= 0.3 is 0 Å². The molecule has 0 saturated heterocycles. The summed E-state index contributed by atoms with van der Waals surface area (Å²) in [6.07, 6.45) is 1.76. The van der Waals surface area contributed by atoms with Crippen LogP contribution in [-0.2, 0) is 6.54 Å². The van der Waals surface area contributed by atoms with Crippen molar-refractivity contribution in [2.45, 2.75) is 19.4 Å². The minimum atomic E-state index is -0.139. The Bertz CT molecular complexity index is 493. The summed E-state index contributed by atoms with van der Waals surface area (Å²) < 4.78 is 1.86. The van der Waals surface area contributed by atoms with Gasteiger partial charge in [-0.2, -0.15) is 10.4 Å². The smallest absolute Gasteiger partial charge is 0.0908 e. The number of hydrogen-bond acceptors (Lipinski definition) is 2. The molecule has 1 heterocycles. The van der Waals surface area contributed by atoms with Crippen molar-refractivity contribution in [1.29, 1.82) is 5.26 Å². The van der Waals surface area contributed by atoms with Gasteiger partial charge in [0.1, 0.15) is 0 Å². The van der Waals surface area contributed by atoms with Crippen LogP contribution in [0, 0.1) is 18.3 Å². The van der Waals surface area contributed by atoms with E-state index < -0.39 is 0 Å². The number of nitrogens with zero attached hydrogens (tertiary/aromatic N) is 3. The quantitative estimate of drug-likeness (QED) is 0.782. The van der Waals surface area contributed by atoms with Crippen LogP contribution >= 0.6 is 0 Å². The maximum atomic E-state index is 9.18. The Morgan fingerprint density at radius 3 is 2.62 bits per heavy atom. The van der Waals surface area contributed by atoms with Crippen molar-refractivity contribution in [3.8, 4) is 6.07 Å². The van der Waals surface area contributed by atoms with Gasteiger partial charge in [-0.15, -0.1) is 0 Å². The lowest BCUT2D eigenvalue weighted by Gasteiger charge is -2.10. The van der Waals surface area contributed by atoms with Crippen molar-refractivity contribution in [2.75, 3.05) is 0 Å². The molecule has 1 unspecified atom stereocenters. The second-order valence-corrected chi connectivity index (χ2v) is 3.75. The van der Waals surface area contributed by atoms with Gasteiger partial charge in [-0.1, -0.05) is 30.3 Å². The van der Waals surface area contributed by atoms with Gasteiger partial charge in [0.05, 0.1) is 18.5 Å². The fourth-order valence-electron chi connectivity index (χ4n) is 1.67. The van der Waals surface area contributed by atoms with Crippen LogP contribution in [0.3, 0.4) is 0 Å². The number of nitriles is 1. The zero-order valence-electron chi connectivity index (χ0n) is 9.17. The summed E-state index contributed by atoms with van der Waals surface area (Å²) >= 11 is 0. The lowest BCUT2D eigenvalue weighted by molar-refractivity contribution is 0.565. The largest absolute Gasteiger partial charge is 0.268 e. The van der Waals surface area contributed by atoms with Crippen LogP contribution in [0.5, 0.6) is 0 Å². The topological polar surface area (TPSA) is 41.6 Å². The van der Waals surface area contributed by atoms with E-state index in [0.29, 0.717) is 6.54 Å². The van der Waals surface area contributed by atoms with Crippen LogP contribution in [0.15, 0.2) is 42.6 Å². The Balaban J connectivity index is 2.20. The van der Waals surface area contributed by atoms with Crippen LogP contribution < -0.4 is 0 Å². The fraction of sp³-hybridized carbons (Fsp3) is 0.231. The molecule has 0 spiro atoms. The summed E-state index contributed by atoms with van der Waals surface area (Å²) in [6, 6.07) is 14.1. The molecule has 0 saturated carbocycles. The number of rotatable bonds is 3. The molecule has 0 aliphatic heterocycles. The maximum Gasteiger partial charge on any atom is 0.0908 e. The van der Waals surface area contributed by atoms with E-state index >= 15 is 0 Å². The number of aryl methyl sites for hydroxylation is 1. The van der Waals surface area contributed by atoms with E-state index in [0.717, 1.165) is 11.3 Å². The van der Waals surface area contributed by atoms with Crippen molar-refractivity contribution in [3.05, 3.63) is 53.9 Å². The van der Waals surface area contributed by atoms with Crippen molar-refractivity contribution < 1.29 is 0 Å². The average Bonchev–Trinajstić information content (AvgIpc) is 2.73. The number of aromatic nitrogens is 2. The molecule has 0 radical (unpaired) electrons. The van der Waals surface area contributed by atoms with Gasteiger partial charge in [0, 0.05) is 11.9 Å². The molecule has 0 N–H and O–H groups in total.